The van der Waals surface area contributed by atoms with Gasteiger partial charge in [-0.25, -0.2) is 0 Å². The van der Waals surface area contributed by atoms with Crippen LogP contribution in [0.4, 0.5) is 5.69 Å². The summed E-state index contributed by atoms with van der Waals surface area (Å²) in [7, 11) is 0. The predicted octanol–water partition coefficient (Wildman–Crippen LogP) is 5.43. The molecule has 1 fully saturated rings. The highest BCUT2D eigenvalue weighted by molar-refractivity contribution is 6.35. The van der Waals surface area contributed by atoms with Crippen LogP contribution >= 0.6 is 11.6 Å². The number of fused-ring (bicyclic) bond motifs is 1. The van der Waals surface area contributed by atoms with Crippen LogP contribution in [0.1, 0.15) is 38.2 Å². The molecule has 0 bridgehead atoms. The molecule has 0 aliphatic heterocycles. The van der Waals surface area contributed by atoms with Gasteiger partial charge in [0.1, 0.15) is 0 Å². The van der Waals surface area contributed by atoms with Gasteiger partial charge in [-0.2, -0.15) is 0 Å². The van der Waals surface area contributed by atoms with Gasteiger partial charge in [-0.05, 0) is 55.4 Å². The van der Waals surface area contributed by atoms with Crippen LogP contribution in [0.25, 0.3) is 10.9 Å². The number of anilines is 1. The lowest BCUT2D eigenvalue weighted by Gasteiger charge is -2.27. The van der Waals surface area contributed by atoms with Crippen molar-refractivity contribution in [3.63, 3.8) is 0 Å². The number of hydrogen-bond acceptors (Lipinski definition) is 2. The first kappa shape index (κ1) is 14.6. The van der Waals surface area contributed by atoms with Crippen molar-refractivity contribution in [2.75, 3.05) is 11.9 Å². The summed E-state index contributed by atoms with van der Waals surface area (Å²) in [5.74, 6) is 1.67. The Hall–Kier alpha value is -1.28. The third-order valence-electron chi connectivity index (χ3n) is 4.74. The zero-order valence-electron chi connectivity index (χ0n) is 12.8. The Labute approximate surface area is 131 Å². The first-order chi connectivity index (χ1) is 10.1. The van der Waals surface area contributed by atoms with Crippen molar-refractivity contribution in [3.05, 3.63) is 35.0 Å². The lowest BCUT2D eigenvalue weighted by molar-refractivity contribution is 0.300. The highest BCUT2D eigenvalue weighted by Crippen LogP contribution is 2.34. The average Bonchev–Trinajstić information content (AvgIpc) is 2.49. The van der Waals surface area contributed by atoms with E-state index in [2.05, 4.69) is 30.2 Å². The summed E-state index contributed by atoms with van der Waals surface area (Å²) in [5, 5.41) is 5.53. The molecule has 0 atom stereocenters. The van der Waals surface area contributed by atoms with Crippen molar-refractivity contribution in [2.45, 2.75) is 39.5 Å². The van der Waals surface area contributed by atoms with E-state index in [-0.39, 0.29) is 0 Å². The third-order valence-corrected chi connectivity index (χ3v) is 5.03. The molecular weight excluding hydrogens is 280 g/mol. The topological polar surface area (TPSA) is 24.9 Å². The van der Waals surface area contributed by atoms with Gasteiger partial charge in [-0.15, -0.1) is 0 Å². The van der Waals surface area contributed by atoms with Crippen LogP contribution in [0.2, 0.25) is 5.02 Å². The van der Waals surface area contributed by atoms with Crippen LogP contribution in [0.5, 0.6) is 0 Å². The Balaban J connectivity index is 1.80. The van der Waals surface area contributed by atoms with E-state index in [1.807, 2.05) is 18.3 Å². The monoisotopic (exact) mass is 302 g/mol. The molecule has 1 heterocycles. The molecule has 2 aromatic rings. The minimum atomic E-state index is 0.769. The molecule has 3 rings (SSSR count). The summed E-state index contributed by atoms with van der Waals surface area (Å²) >= 11 is 6.46. The van der Waals surface area contributed by atoms with E-state index in [1.165, 1.54) is 25.7 Å². The largest absolute Gasteiger partial charge is 0.383 e. The molecule has 2 nitrogen and oxygen atoms in total. The Kier molecular flexibility index (Phi) is 4.34. The van der Waals surface area contributed by atoms with E-state index >= 15 is 0 Å². The highest BCUT2D eigenvalue weighted by Gasteiger charge is 2.19. The second-order valence-electron chi connectivity index (χ2n) is 6.46. The molecule has 1 aliphatic rings. The summed E-state index contributed by atoms with van der Waals surface area (Å²) in [4.78, 5) is 4.49. The van der Waals surface area contributed by atoms with Crippen molar-refractivity contribution in [3.8, 4) is 0 Å². The number of pyridine rings is 1. The van der Waals surface area contributed by atoms with Crippen LogP contribution in [-0.4, -0.2) is 11.5 Å². The molecule has 21 heavy (non-hydrogen) atoms. The van der Waals surface area contributed by atoms with Crippen LogP contribution in [0.15, 0.2) is 24.4 Å². The Morgan fingerprint density at radius 2 is 2.05 bits per heavy atom. The van der Waals surface area contributed by atoms with Crippen molar-refractivity contribution < 1.29 is 0 Å². The minimum Gasteiger partial charge on any atom is -0.383 e. The van der Waals surface area contributed by atoms with E-state index < -0.39 is 0 Å². The second kappa shape index (κ2) is 6.23. The zero-order valence-corrected chi connectivity index (χ0v) is 13.6. The van der Waals surface area contributed by atoms with Crippen LogP contribution in [-0.2, 0) is 0 Å². The van der Waals surface area contributed by atoms with Crippen molar-refractivity contribution in [1.29, 1.82) is 0 Å². The lowest BCUT2D eigenvalue weighted by Crippen LogP contribution is -2.20. The number of hydrogen-bond donors (Lipinski definition) is 1. The van der Waals surface area contributed by atoms with Crippen LogP contribution in [0.3, 0.4) is 0 Å². The van der Waals surface area contributed by atoms with E-state index in [0.717, 1.165) is 45.6 Å². The zero-order chi connectivity index (χ0) is 14.8. The van der Waals surface area contributed by atoms with Crippen LogP contribution < -0.4 is 5.32 Å². The van der Waals surface area contributed by atoms with E-state index in [1.54, 1.807) is 0 Å². The van der Waals surface area contributed by atoms with E-state index in [0.29, 0.717) is 0 Å². The molecule has 1 saturated carbocycles. The quantitative estimate of drug-likeness (QED) is 0.817. The van der Waals surface area contributed by atoms with Gasteiger partial charge in [0, 0.05) is 18.1 Å². The maximum absolute atomic E-state index is 6.46. The standard InChI is InChI=1S/C18H23ClN2/c1-12-5-7-14(8-6-12)11-21-18-15-4-3-9-20-17(15)13(2)10-16(18)19/h3-4,9-10,12,14,21H,5-8,11H2,1-2H3. The molecule has 0 radical (unpaired) electrons. The summed E-state index contributed by atoms with van der Waals surface area (Å²) < 4.78 is 0. The number of benzene rings is 1. The summed E-state index contributed by atoms with van der Waals surface area (Å²) in [6, 6.07) is 6.10. The molecule has 0 saturated heterocycles. The smallest absolute Gasteiger partial charge is 0.0752 e. The fraction of sp³-hybridized carbons (Fsp3) is 0.500. The molecule has 0 amide bonds. The molecule has 0 unspecified atom stereocenters. The van der Waals surface area contributed by atoms with Crippen molar-refractivity contribution >= 4 is 28.2 Å². The fourth-order valence-electron chi connectivity index (χ4n) is 3.34. The maximum Gasteiger partial charge on any atom is 0.0752 e. The number of nitrogens with zero attached hydrogens (tertiary/aromatic N) is 1. The second-order valence-corrected chi connectivity index (χ2v) is 6.86. The average molecular weight is 303 g/mol. The first-order valence-corrected chi connectivity index (χ1v) is 8.30. The van der Waals surface area contributed by atoms with Gasteiger partial charge >= 0.3 is 0 Å². The van der Waals surface area contributed by atoms with E-state index in [4.69, 9.17) is 11.6 Å². The fourth-order valence-corrected chi connectivity index (χ4v) is 3.67. The normalized spacial score (nSPS) is 22.4. The number of halogens is 1. The first-order valence-electron chi connectivity index (χ1n) is 7.93. The summed E-state index contributed by atoms with van der Waals surface area (Å²) in [6.07, 6.45) is 7.21. The molecule has 1 N–H and O–H groups in total. The number of nitrogens with one attached hydrogen (secondary N) is 1. The minimum absolute atomic E-state index is 0.769. The Morgan fingerprint density at radius 1 is 1.29 bits per heavy atom. The molecule has 3 heteroatoms. The van der Waals surface area contributed by atoms with E-state index in [9.17, 15) is 0 Å². The van der Waals surface area contributed by atoms with Gasteiger partial charge in [0.25, 0.3) is 0 Å². The van der Waals surface area contributed by atoms with Gasteiger partial charge in [0.2, 0.25) is 0 Å². The van der Waals surface area contributed by atoms with Crippen LogP contribution in [0, 0.1) is 18.8 Å². The molecular formula is C18H23ClN2. The molecule has 1 aromatic heterocycles. The molecule has 0 spiro atoms. The maximum atomic E-state index is 6.46. The SMILES string of the molecule is Cc1cc(Cl)c(NCC2CCC(C)CC2)c2cccnc12. The van der Waals surface area contributed by atoms with Crippen molar-refractivity contribution in [1.82, 2.24) is 4.98 Å². The number of aryl methyl sites for hydroxylation is 1. The molecule has 1 aromatic carbocycles. The third kappa shape index (κ3) is 3.16. The number of rotatable bonds is 3. The molecule has 1 aliphatic carbocycles. The number of aromatic nitrogens is 1. The predicted molar refractivity (Wildman–Crippen MR) is 91.1 cm³/mol. The Bertz CT molecular complexity index is 630. The van der Waals surface area contributed by atoms with Gasteiger partial charge in [-0.1, -0.05) is 31.4 Å². The highest BCUT2D eigenvalue weighted by atomic mass is 35.5. The lowest BCUT2D eigenvalue weighted by atomic mass is 9.83. The molecule has 112 valence electrons. The summed E-state index contributed by atoms with van der Waals surface area (Å²) in [6.45, 7) is 5.44. The summed E-state index contributed by atoms with van der Waals surface area (Å²) in [5.41, 5.74) is 3.22. The van der Waals surface area contributed by atoms with Crippen molar-refractivity contribution in [2.24, 2.45) is 11.8 Å². The Morgan fingerprint density at radius 3 is 2.81 bits per heavy atom. The van der Waals surface area contributed by atoms with Gasteiger partial charge in [0.05, 0.1) is 16.2 Å². The van der Waals surface area contributed by atoms with Gasteiger partial charge in [0.15, 0.2) is 0 Å². The van der Waals surface area contributed by atoms with Gasteiger partial charge in [-0.3, -0.25) is 4.98 Å². The van der Waals surface area contributed by atoms with Gasteiger partial charge < -0.3 is 5.32 Å².